The van der Waals surface area contributed by atoms with Crippen LogP contribution in [0, 0.1) is 0 Å². The summed E-state index contributed by atoms with van der Waals surface area (Å²) in [6.07, 6.45) is 1.96. The predicted molar refractivity (Wildman–Crippen MR) is 121 cm³/mol. The van der Waals surface area contributed by atoms with Crippen LogP contribution in [0.5, 0.6) is 5.75 Å². The fourth-order valence-electron chi connectivity index (χ4n) is 3.50. The summed E-state index contributed by atoms with van der Waals surface area (Å²) in [4.78, 5) is 39.5. The SMILES string of the molecule is CCc1[nH]n(-c2ccc(OC)cc2)c(=O)c1C=C1NC(=O)N(Cc2cccc(Cl)c2)C1=O. The predicted octanol–water partition coefficient (Wildman–Crippen LogP) is 3.48. The summed E-state index contributed by atoms with van der Waals surface area (Å²) in [5.41, 5.74) is 2.03. The summed E-state index contributed by atoms with van der Waals surface area (Å²) in [6, 6.07) is 13.4. The Kier molecular flexibility index (Phi) is 5.87. The molecule has 1 aliphatic heterocycles. The maximum Gasteiger partial charge on any atom is 0.329 e. The van der Waals surface area contributed by atoms with Crippen LogP contribution in [-0.2, 0) is 17.8 Å². The average Bonchev–Trinajstić information content (AvgIpc) is 3.25. The van der Waals surface area contributed by atoms with Gasteiger partial charge in [0.2, 0.25) is 0 Å². The van der Waals surface area contributed by atoms with Crippen LogP contribution < -0.4 is 15.6 Å². The molecule has 2 N–H and O–H groups in total. The van der Waals surface area contributed by atoms with Gasteiger partial charge in [-0.1, -0.05) is 30.7 Å². The van der Waals surface area contributed by atoms with Gasteiger partial charge in [-0.2, -0.15) is 0 Å². The smallest absolute Gasteiger partial charge is 0.329 e. The lowest BCUT2D eigenvalue weighted by atomic mass is 10.1. The number of nitrogens with zero attached hydrogens (tertiary/aromatic N) is 2. The van der Waals surface area contributed by atoms with Gasteiger partial charge in [-0.15, -0.1) is 0 Å². The van der Waals surface area contributed by atoms with E-state index in [0.717, 1.165) is 10.5 Å². The lowest BCUT2D eigenvalue weighted by Gasteiger charge is -2.11. The van der Waals surface area contributed by atoms with E-state index in [2.05, 4.69) is 10.4 Å². The number of hydrogen-bond donors (Lipinski definition) is 2. The standard InChI is InChI=1S/C23H21ClN4O4/c1-3-19-18(21(29)28(26-19)16-7-9-17(32-2)10-8-16)12-20-22(30)27(23(31)25-20)13-14-5-4-6-15(24)11-14/h4-12,26H,3,13H2,1-2H3,(H,25,31). The summed E-state index contributed by atoms with van der Waals surface area (Å²) in [7, 11) is 1.57. The second-order valence-electron chi connectivity index (χ2n) is 7.21. The molecule has 9 heteroatoms. The van der Waals surface area contributed by atoms with E-state index < -0.39 is 11.9 Å². The number of benzene rings is 2. The van der Waals surface area contributed by atoms with Gasteiger partial charge in [-0.05, 0) is 54.5 Å². The molecule has 1 aromatic heterocycles. The number of methoxy groups -OCH3 is 1. The highest BCUT2D eigenvalue weighted by atomic mass is 35.5. The first kappa shape index (κ1) is 21.5. The Morgan fingerprint density at radius 3 is 2.50 bits per heavy atom. The van der Waals surface area contributed by atoms with Crippen molar-refractivity contribution in [3.05, 3.63) is 86.4 Å². The Hall–Kier alpha value is -3.78. The summed E-state index contributed by atoms with van der Waals surface area (Å²) in [5, 5.41) is 6.16. The van der Waals surface area contributed by atoms with Gasteiger partial charge in [-0.25, -0.2) is 9.48 Å². The molecule has 8 nitrogen and oxygen atoms in total. The van der Waals surface area contributed by atoms with Gasteiger partial charge < -0.3 is 10.1 Å². The Bertz CT molecular complexity index is 1270. The minimum Gasteiger partial charge on any atom is -0.497 e. The van der Waals surface area contributed by atoms with Crippen LogP contribution in [0.4, 0.5) is 4.79 Å². The highest BCUT2D eigenvalue weighted by Gasteiger charge is 2.34. The second-order valence-corrected chi connectivity index (χ2v) is 7.64. The van der Waals surface area contributed by atoms with E-state index in [4.69, 9.17) is 16.3 Å². The number of carbonyl (C=O) groups excluding carboxylic acids is 2. The van der Waals surface area contributed by atoms with E-state index in [1.54, 1.807) is 55.6 Å². The first-order valence-corrected chi connectivity index (χ1v) is 10.4. The third kappa shape index (κ3) is 4.04. The monoisotopic (exact) mass is 452 g/mol. The number of imide groups is 1. The van der Waals surface area contributed by atoms with Gasteiger partial charge in [0.15, 0.2) is 0 Å². The summed E-state index contributed by atoms with van der Waals surface area (Å²) in [6.45, 7) is 1.97. The molecule has 0 saturated carbocycles. The number of aromatic nitrogens is 2. The zero-order valence-electron chi connectivity index (χ0n) is 17.5. The Labute approximate surface area is 189 Å². The van der Waals surface area contributed by atoms with E-state index in [-0.39, 0.29) is 17.8 Å². The number of aromatic amines is 1. The van der Waals surface area contributed by atoms with E-state index in [0.29, 0.717) is 34.1 Å². The molecule has 0 bridgehead atoms. The Balaban J connectivity index is 1.66. The van der Waals surface area contributed by atoms with Gasteiger partial charge in [0.05, 0.1) is 24.9 Å². The topological polar surface area (TPSA) is 96.4 Å². The van der Waals surface area contributed by atoms with Crippen molar-refractivity contribution in [1.29, 1.82) is 0 Å². The molecule has 0 aliphatic carbocycles. The lowest BCUT2D eigenvalue weighted by Crippen LogP contribution is -2.30. The van der Waals surface area contributed by atoms with E-state index in [1.807, 2.05) is 6.92 Å². The summed E-state index contributed by atoms with van der Waals surface area (Å²) >= 11 is 6.00. The molecule has 0 atom stereocenters. The maximum absolute atomic E-state index is 13.1. The molecule has 0 unspecified atom stereocenters. The zero-order valence-corrected chi connectivity index (χ0v) is 18.3. The number of H-pyrrole nitrogens is 1. The van der Waals surface area contributed by atoms with E-state index in [1.165, 1.54) is 10.8 Å². The number of urea groups is 1. The third-order valence-electron chi connectivity index (χ3n) is 5.17. The van der Waals surface area contributed by atoms with E-state index in [9.17, 15) is 14.4 Å². The van der Waals surface area contributed by atoms with Crippen LogP contribution in [-0.4, -0.2) is 33.7 Å². The number of ether oxygens (including phenoxy) is 1. The third-order valence-corrected chi connectivity index (χ3v) is 5.41. The highest BCUT2D eigenvalue weighted by Crippen LogP contribution is 2.20. The van der Waals surface area contributed by atoms with Crippen LogP contribution >= 0.6 is 11.6 Å². The van der Waals surface area contributed by atoms with Crippen LogP contribution in [0.3, 0.4) is 0 Å². The number of carbonyl (C=O) groups is 2. The number of nitrogens with one attached hydrogen (secondary N) is 2. The highest BCUT2D eigenvalue weighted by molar-refractivity contribution is 6.30. The van der Waals surface area contributed by atoms with E-state index >= 15 is 0 Å². The van der Waals surface area contributed by atoms with Crippen molar-refractivity contribution < 1.29 is 14.3 Å². The number of halogens is 1. The quantitative estimate of drug-likeness (QED) is 0.442. The van der Waals surface area contributed by atoms with Gasteiger partial charge in [-0.3, -0.25) is 19.6 Å². The molecular formula is C23H21ClN4O4. The van der Waals surface area contributed by atoms with Gasteiger partial charge in [0, 0.05) is 10.7 Å². The first-order valence-electron chi connectivity index (χ1n) is 9.98. The van der Waals surface area contributed by atoms with Crippen molar-refractivity contribution >= 4 is 29.6 Å². The van der Waals surface area contributed by atoms with Crippen LogP contribution in [0.2, 0.25) is 5.02 Å². The Morgan fingerprint density at radius 1 is 1.09 bits per heavy atom. The van der Waals surface area contributed by atoms with Crippen molar-refractivity contribution in [2.75, 3.05) is 7.11 Å². The Morgan fingerprint density at radius 2 is 1.84 bits per heavy atom. The average molecular weight is 453 g/mol. The molecule has 0 spiro atoms. The number of rotatable bonds is 6. The summed E-state index contributed by atoms with van der Waals surface area (Å²) in [5.74, 6) is 0.166. The number of aryl methyl sites for hydroxylation is 1. The molecule has 0 radical (unpaired) electrons. The van der Waals surface area contributed by atoms with Gasteiger partial charge >= 0.3 is 6.03 Å². The van der Waals surface area contributed by atoms with Gasteiger partial charge in [0.25, 0.3) is 11.5 Å². The van der Waals surface area contributed by atoms with Crippen molar-refractivity contribution in [3.8, 4) is 11.4 Å². The molecule has 1 aliphatic rings. The molecule has 1 saturated heterocycles. The number of hydrogen-bond acceptors (Lipinski definition) is 4. The molecule has 2 aromatic carbocycles. The van der Waals surface area contributed by atoms with Crippen LogP contribution in [0.15, 0.2) is 59.0 Å². The molecule has 4 rings (SSSR count). The molecule has 2 heterocycles. The second kappa shape index (κ2) is 8.76. The molecule has 1 fully saturated rings. The largest absolute Gasteiger partial charge is 0.497 e. The molecule has 164 valence electrons. The molecule has 3 aromatic rings. The maximum atomic E-state index is 13.1. The first-order chi connectivity index (χ1) is 15.4. The lowest BCUT2D eigenvalue weighted by molar-refractivity contribution is -0.123. The zero-order chi connectivity index (χ0) is 22.8. The molecule has 32 heavy (non-hydrogen) atoms. The fourth-order valence-corrected chi connectivity index (χ4v) is 3.72. The minimum absolute atomic E-state index is 0.0460. The number of amides is 3. The van der Waals surface area contributed by atoms with Crippen molar-refractivity contribution in [2.24, 2.45) is 0 Å². The van der Waals surface area contributed by atoms with Crippen LogP contribution in [0.25, 0.3) is 11.8 Å². The fraction of sp³-hybridized carbons (Fsp3) is 0.174. The summed E-state index contributed by atoms with van der Waals surface area (Å²) < 4.78 is 6.56. The molecular weight excluding hydrogens is 432 g/mol. The molecule has 3 amide bonds. The minimum atomic E-state index is -0.551. The van der Waals surface area contributed by atoms with Gasteiger partial charge in [0.1, 0.15) is 11.4 Å². The van der Waals surface area contributed by atoms with Crippen molar-refractivity contribution in [1.82, 2.24) is 20.0 Å². The normalized spacial score (nSPS) is 14.8. The van der Waals surface area contributed by atoms with Crippen molar-refractivity contribution in [3.63, 3.8) is 0 Å². The van der Waals surface area contributed by atoms with Crippen LogP contribution in [0.1, 0.15) is 23.7 Å². The van der Waals surface area contributed by atoms with Crippen molar-refractivity contribution in [2.45, 2.75) is 19.9 Å².